The number of ether oxygens (including phenoxy) is 1. The van der Waals surface area contributed by atoms with E-state index in [1.165, 1.54) is 0 Å². The fourth-order valence-electron chi connectivity index (χ4n) is 3.33. The number of piperidine rings is 1. The first-order valence-corrected chi connectivity index (χ1v) is 9.24. The number of hydrogen-bond acceptors (Lipinski definition) is 4. The molecule has 3 rings (SSSR count). The lowest BCUT2D eigenvalue weighted by molar-refractivity contribution is -0.0534. The van der Waals surface area contributed by atoms with Crippen LogP contribution in [0.4, 0.5) is 0 Å². The van der Waals surface area contributed by atoms with Crippen LogP contribution < -0.4 is 4.74 Å². The summed E-state index contributed by atoms with van der Waals surface area (Å²) in [5.41, 5.74) is 0.422. The van der Waals surface area contributed by atoms with Crippen LogP contribution in [0, 0.1) is 6.92 Å². The van der Waals surface area contributed by atoms with Gasteiger partial charge in [0.05, 0.1) is 6.54 Å². The highest BCUT2D eigenvalue weighted by atomic mass is 16.5. The normalized spacial score (nSPS) is 20.2. The number of β-amino-alcohol motifs (C(OH)–C–C–N with tert-alkyl or cyclic N) is 1. The molecular formula is C20H27N3O3. The molecule has 2 heterocycles. The molecule has 6 heteroatoms. The SMILES string of the molecule is CCCn1ccc(C(=O)N2CCC[C@@](O)(COc3ccccc3C)C2)n1. The first-order valence-electron chi connectivity index (χ1n) is 9.24. The highest BCUT2D eigenvalue weighted by molar-refractivity contribution is 5.92. The average molecular weight is 357 g/mol. The summed E-state index contributed by atoms with van der Waals surface area (Å²) in [5, 5.41) is 15.3. The van der Waals surface area contributed by atoms with Crippen LogP contribution in [0.25, 0.3) is 0 Å². The molecule has 1 saturated heterocycles. The average Bonchev–Trinajstić information content (AvgIpc) is 3.09. The van der Waals surface area contributed by atoms with Gasteiger partial charge in [0.15, 0.2) is 0 Å². The third-order valence-electron chi connectivity index (χ3n) is 4.74. The molecule has 1 atom stereocenters. The Morgan fingerprint density at radius 2 is 2.15 bits per heavy atom. The largest absolute Gasteiger partial charge is 0.490 e. The standard InChI is InChI=1S/C20H27N3O3/c1-3-11-23-13-9-17(21-23)19(24)22-12-6-10-20(25,14-22)15-26-18-8-5-4-7-16(18)2/h4-5,7-9,13,25H,3,6,10-12,14-15H2,1-2H3/t20-/m0/s1. The third kappa shape index (κ3) is 4.25. The zero-order valence-corrected chi connectivity index (χ0v) is 15.5. The second-order valence-electron chi connectivity index (χ2n) is 7.07. The predicted molar refractivity (Wildman–Crippen MR) is 99.3 cm³/mol. The monoisotopic (exact) mass is 357 g/mol. The van der Waals surface area contributed by atoms with Crippen LogP contribution in [0.1, 0.15) is 42.2 Å². The van der Waals surface area contributed by atoms with Crippen LogP contribution in [0.5, 0.6) is 5.75 Å². The van der Waals surface area contributed by atoms with Gasteiger partial charge in [-0.2, -0.15) is 5.10 Å². The molecule has 1 aromatic heterocycles. The minimum absolute atomic E-state index is 0.131. The number of benzene rings is 1. The van der Waals surface area contributed by atoms with Crippen molar-refractivity contribution in [3.63, 3.8) is 0 Å². The van der Waals surface area contributed by atoms with Gasteiger partial charge in [0.2, 0.25) is 0 Å². The molecule has 6 nitrogen and oxygen atoms in total. The molecule has 0 radical (unpaired) electrons. The Hall–Kier alpha value is -2.34. The number of amides is 1. The lowest BCUT2D eigenvalue weighted by atomic mass is 9.93. The zero-order valence-electron chi connectivity index (χ0n) is 15.5. The van der Waals surface area contributed by atoms with E-state index in [4.69, 9.17) is 4.74 Å². The number of rotatable bonds is 6. The molecule has 1 aliphatic rings. The van der Waals surface area contributed by atoms with Crippen LogP contribution in [0.3, 0.4) is 0 Å². The lowest BCUT2D eigenvalue weighted by Crippen LogP contribution is -2.53. The number of carbonyl (C=O) groups excluding carboxylic acids is 1. The van der Waals surface area contributed by atoms with E-state index >= 15 is 0 Å². The molecule has 2 aromatic rings. The van der Waals surface area contributed by atoms with Crippen molar-refractivity contribution in [2.45, 2.75) is 45.3 Å². The van der Waals surface area contributed by atoms with Gasteiger partial charge < -0.3 is 14.7 Å². The molecule has 0 spiro atoms. The first kappa shape index (κ1) is 18.5. The van der Waals surface area contributed by atoms with Gasteiger partial charge in [-0.3, -0.25) is 9.48 Å². The molecule has 140 valence electrons. The van der Waals surface area contributed by atoms with Gasteiger partial charge in [-0.05, 0) is 43.9 Å². The fourth-order valence-corrected chi connectivity index (χ4v) is 3.33. The Bertz CT molecular complexity index is 758. The van der Waals surface area contributed by atoms with E-state index in [1.807, 2.05) is 37.4 Å². The minimum atomic E-state index is -1.04. The van der Waals surface area contributed by atoms with Crippen LogP contribution in [-0.4, -0.2) is 51.0 Å². The van der Waals surface area contributed by atoms with E-state index < -0.39 is 5.60 Å². The van der Waals surface area contributed by atoms with Crippen molar-refractivity contribution < 1.29 is 14.6 Å². The van der Waals surface area contributed by atoms with Crippen LogP contribution in [0.2, 0.25) is 0 Å². The highest BCUT2D eigenvalue weighted by Gasteiger charge is 2.37. The number of nitrogens with zero attached hydrogens (tertiary/aromatic N) is 3. The van der Waals surface area contributed by atoms with Crippen molar-refractivity contribution in [1.29, 1.82) is 0 Å². The predicted octanol–water partition coefficient (Wildman–Crippen LogP) is 2.65. The Morgan fingerprint density at radius 3 is 2.92 bits per heavy atom. The topological polar surface area (TPSA) is 67.6 Å². The Labute approximate surface area is 154 Å². The van der Waals surface area contributed by atoms with Crippen molar-refractivity contribution in [1.82, 2.24) is 14.7 Å². The number of para-hydroxylation sites is 1. The van der Waals surface area contributed by atoms with Crippen molar-refractivity contribution in [3.05, 3.63) is 47.8 Å². The first-order chi connectivity index (χ1) is 12.5. The number of carbonyl (C=O) groups is 1. The molecule has 0 aliphatic carbocycles. The van der Waals surface area contributed by atoms with Gasteiger partial charge in [-0.15, -0.1) is 0 Å². The Morgan fingerprint density at radius 1 is 1.35 bits per heavy atom. The molecular weight excluding hydrogens is 330 g/mol. The molecule has 0 unspecified atom stereocenters. The molecule has 1 aliphatic heterocycles. The molecule has 0 saturated carbocycles. The number of aliphatic hydroxyl groups is 1. The van der Waals surface area contributed by atoms with Gasteiger partial charge in [-0.25, -0.2) is 0 Å². The van der Waals surface area contributed by atoms with E-state index in [2.05, 4.69) is 12.0 Å². The number of hydrogen-bond donors (Lipinski definition) is 1. The van der Waals surface area contributed by atoms with Crippen LogP contribution in [-0.2, 0) is 6.54 Å². The van der Waals surface area contributed by atoms with Gasteiger partial charge >= 0.3 is 0 Å². The summed E-state index contributed by atoms with van der Waals surface area (Å²) in [4.78, 5) is 14.4. The Kier molecular flexibility index (Phi) is 5.61. The molecule has 1 aromatic carbocycles. The van der Waals surface area contributed by atoms with E-state index in [-0.39, 0.29) is 19.1 Å². The molecule has 1 amide bonds. The summed E-state index contributed by atoms with van der Waals surface area (Å²) in [7, 11) is 0. The summed E-state index contributed by atoms with van der Waals surface area (Å²) >= 11 is 0. The van der Waals surface area contributed by atoms with Crippen molar-refractivity contribution >= 4 is 5.91 Å². The summed E-state index contributed by atoms with van der Waals surface area (Å²) in [6.07, 6.45) is 4.16. The number of aromatic nitrogens is 2. The van der Waals surface area contributed by atoms with Gasteiger partial charge in [0.1, 0.15) is 23.7 Å². The quantitative estimate of drug-likeness (QED) is 0.863. The van der Waals surface area contributed by atoms with E-state index in [0.717, 1.165) is 30.7 Å². The number of likely N-dealkylation sites (tertiary alicyclic amines) is 1. The van der Waals surface area contributed by atoms with Crippen LogP contribution >= 0.6 is 0 Å². The van der Waals surface area contributed by atoms with Crippen molar-refractivity contribution in [3.8, 4) is 5.75 Å². The van der Waals surface area contributed by atoms with Crippen molar-refractivity contribution in [2.24, 2.45) is 0 Å². The van der Waals surface area contributed by atoms with Crippen molar-refractivity contribution in [2.75, 3.05) is 19.7 Å². The maximum atomic E-state index is 12.7. The highest BCUT2D eigenvalue weighted by Crippen LogP contribution is 2.25. The molecule has 26 heavy (non-hydrogen) atoms. The smallest absolute Gasteiger partial charge is 0.274 e. The molecule has 1 N–H and O–H groups in total. The van der Waals surface area contributed by atoms with Crippen LogP contribution in [0.15, 0.2) is 36.5 Å². The maximum absolute atomic E-state index is 12.7. The second kappa shape index (κ2) is 7.91. The number of aryl methyl sites for hydroxylation is 2. The van der Waals surface area contributed by atoms with Gasteiger partial charge in [0.25, 0.3) is 5.91 Å². The Balaban J connectivity index is 1.63. The van der Waals surface area contributed by atoms with Gasteiger partial charge in [0, 0.05) is 19.3 Å². The van der Waals surface area contributed by atoms with E-state index in [9.17, 15) is 9.90 Å². The molecule has 1 fully saturated rings. The summed E-state index contributed by atoms with van der Waals surface area (Å²) < 4.78 is 7.62. The maximum Gasteiger partial charge on any atom is 0.274 e. The zero-order chi connectivity index (χ0) is 18.6. The summed E-state index contributed by atoms with van der Waals surface area (Å²) in [6.45, 7) is 5.91. The summed E-state index contributed by atoms with van der Waals surface area (Å²) in [5.74, 6) is 0.636. The van der Waals surface area contributed by atoms with E-state index in [0.29, 0.717) is 18.7 Å². The second-order valence-corrected chi connectivity index (χ2v) is 7.07. The molecule has 0 bridgehead atoms. The van der Waals surface area contributed by atoms with E-state index in [1.54, 1.807) is 15.6 Å². The summed E-state index contributed by atoms with van der Waals surface area (Å²) in [6, 6.07) is 9.48. The minimum Gasteiger partial charge on any atom is -0.490 e. The van der Waals surface area contributed by atoms with Gasteiger partial charge in [-0.1, -0.05) is 25.1 Å². The lowest BCUT2D eigenvalue weighted by Gasteiger charge is -2.38. The third-order valence-corrected chi connectivity index (χ3v) is 4.74. The fraction of sp³-hybridized carbons (Fsp3) is 0.500.